The first-order valence-electron chi connectivity index (χ1n) is 6.99. The van der Waals surface area contributed by atoms with E-state index in [-0.39, 0.29) is 0 Å². The number of rotatable bonds is 4. The Morgan fingerprint density at radius 1 is 1.11 bits per heavy atom. The Balaban J connectivity index is 1.73. The van der Waals surface area contributed by atoms with Gasteiger partial charge in [0.25, 0.3) is 0 Å². The van der Waals surface area contributed by atoms with Crippen molar-refractivity contribution in [2.45, 2.75) is 25.8 Å². The summed E-state index contributed by atoms with van der Waals surface area (Å²) in [5.41, 5.74) is 3.63. The van der Waals surface area contributed by atoms with E-state index in [9.17, 15) is 0 Å². The van der Waals surface area contributed by atoms with Gasteiger partial charge in [0.05, 0.1) is 23.6 Å². The highest BCUT2D eigenvalue weighted by molar-refractivity contribution is 5.70. The lowest BCUT2D eigenvalue weighted by Gasteiger charge is -2.30. The van der Waals surface area contributed by atoms with E-state index in [1.165, 1.54) is 43.7 Å². The van der Waals surface area contributed by atoms with Gasteiger partial charge in [-0.2, -0.15) is 5.10 Å². The standard InChI is InChI=1S/C15H20N4/c1-4-10-19(11-5-1)15-7-3-2-6-14(15)16-12-13-8-9-17-18-13/h2-3,6-9,16H,1,4-5,10-12H2,(H,17,18). The predicted molar refractivity (Wildman–Crippen MR) is 78.4 cm³/mol. The van der Waals surface area contributed by atoms with Gasteiger partial charge >= 0.3 is 0 Å². The van der Waals surface area contributed by atoms with Gasteiger partial charge in [-0.05, 0) is 37.5 Å². The highest BCUT2D eigenvalue weighted by Crippen LogP contribution is 2.28. The molecule has 2 N–H and O–H groups in total. The fourth-order valence-corrected chi connectivity index (χ4v) is 2.61. The molecule has 4 heteroatoms. The van der Waals surface area contributed by atoms with Crippen molar-refractivity contribution in [1.29, 1.82) is 0 Å². The zero-order valence-corrected chi connectivity index (χ0v) is 11.1. The maximum Gasteiger partial charge on any atom is 0.0602 e. The van der Waals surface area contributed by atoms with Crippen LogP contribution in [0, 0.1) is 0 Å². The summed E-state index contributed by atoms with van der Waals surface area (Å²) in [6.45, 7) is 3.12. The van der Waals surface area contributed by atoms with Crippen LogP contribution in [0.1, 0.15) is 25.0 Å². The molecule has 1 aromatic heterocycles. The third kappa shape index (κ3) is 2.89. The predicted octanol–water partition coefficient (Wildman–Crippen LogP) is 3.01. The third-order valence-electron chi connectivity index (χ3n) is 3.63. The van der Waals surface area contributed by atoms with Gasteiger partial charge in [-0.1, -0.05) is 12.1 Å². The van der Waals surface area contributed by atoms with Crippen molar-refractivity contribution in [3.63, 3.8) is 0 Å². The van der Waals surface area contributed by atoms with Crippen LogP contribution < -0.4 is 10.2 Å². The monoisotopic (exact) mass is 256 g/mol. The second kappa shape index (κ2) is 5.78. The molecule has 1 fully saturated rings. The number of benzene rings is 1. The minimum absolute atomic E-state index is 0.783. The van der Waals surface area contributed by atoms with Gasteiger partial charge in [-0.15, -0.1) is 0 Å². The molecule has 1 aromatic carbocycles. The second-order valence-corrected chi connectivity index (χ2v) is 5.00. The number of anilines is 2. The molecule has 0 bridgehead atoms. The number of nitrogens with one attached hydrogen (secondary N) is 2. The number of hydrogen-bond donors (Lipinski definition) is 2. The summed E-state index contributed by atoms with van der Waals surface area (Å²) in [6.07, 6.45) is 5.75. The molecule has 1 aliphatic heterocycles. The minimum Gasteiger partial charge on any atom is -0.378 e. The second-order valence-electron chi connectivity index (χ2n) is 5.00. The maximum atomic E-state index is 3.97. The first kappa shape index (κ1) is 12.1. The number of para-hydroxylation sites is 2. The topological polar surface area (TPSA) is 44.0 Å². The minimum atomic E-state index is 0.783. The maximum absolute atomic E-state index is 3.97. The molecule has 0 saturated carbocycles. The highest BCUT2D eigenvalue weighted by Gasteiger charge is 2.13. The average molecular weight is 256 g/mol. The van der Waals surface area contributed by atoms with Crippen molar-refractivity contribution in [3.05, 3.63) is 42.2 Å². The lowest BCUT2D eigenvalue weighted by Crippen LogP contribution is -2.30. The van der Waals surface area contributed by atoms with E-state index in [4.69, 9.17) is 0 Å². The van der Waals surface area contributed by atoms with Gasteiger partial charge < -0.3 is 10.2 Å². The number of H-pyrrole nitrogens is 1. The number of nitrogens with zero attached hydrogens (tertiary/aromatic N) is 2. The van der Waals surface area contributed by atoms with Gasteiger partial charge in [0, 0.05) is 19.3 Å². The summed E-state index contributed by atoms with van der Waals surface area (Å²) in [5, 5.41) is 10.5. The summed E-state index contributed by atoms with van der Waals surface area (Å²) in [4.78, 5) is 2.48. The van der Waals surface area contributed by atoms with E-state index in [0.29, 0.717) is 0 Å². The van der Waals surface area contributed by atoms with Crippen molar-refractivity contribution in [2.75, 3.05) is 23.3 Å². The van der Waals surface area contributed by atoms with Crippen molar-refractivity contribution in [2.24, 2.45) is 0 Å². The molecular weight excluding hydrogens is 236 g/mol. The molecule has 3 rings (SSSR count). The summed E-state index contributed by atoms with van der Waals surface area (Å²) in [6, 6.07) is 10.6. The Bertz CT molecular complexity index is 501. The van der Waals surface area contributed by atoms with Crippen LogP contribution in [0.4, 0.5) is 11.4 Å². The lowest BCUT2D eigenvalue weighted by atomic mass is 10.1. The van der Waals surface area contributed by atoms with E-state index in [2.05, 4.69) is 44.7 Å². The van der Waals surface area contributed by atoms with Gasteiger partial charge in [0.2, 0.25) is 0 Å². The summed E-state index contributed by atoms with van der Waals surface area (Å²) in [5.74, 6) is 0. The van der Waals surface area contributed by atoms with Crippen LogP contribution in [-0.2, 0) is 6.54 Å². The quantitative estimate of drug-likeness (QED) is 0.883. The number of aromatic amines is 1. The van der Waals surface area contributed by atoms with Crippen LogP contribution >= 0.6 is 0 Å². The molecule has 0 unspecified atom stereocenters. The van der Waals surface area contributed by atoms with Crippen molar-refractivity contribution < 1.29 is 0 Å². The van der Waals surface area contributed by atoms with Crippen LogP contribution in [0.5, 0.6) is 0 Å². The largest absolute Gasteiger partial charge is 0.378 e. The zero-order valence-electron chi connectivity index (χ0n) is 11.1. The highest BCUT2D eigenvalue weighted by atomic mass is 15.2. The molecule has 0 amide bonds. The smallest absolute Gasteiger partial charge is 0.0602 e. The van der Waals surface area contributed by atoms with Crippen LogP contribution in [0.3, 0.4) is 0 Å². The van der Waals surface area contributed by atoms with E-state index in [1.54, 1.807) is 6.20 Å². The van der Waals surface area contributed by atoms with Gasteiger partial charge in [0.1, 0.15) is 0 Å². The molecule has 0 spiro atoms. The normalized spacial score (nSPS) is 15.5. The zero-order chi connectivity index (χ0) is 12.9. The van der Waals surface area contributed by atoms with E-state index in [0.717, 1.165) is 12.2 Å². The fraction of sp³-hybridized carbons (Fsp3) is 0.400. The Labute approximate surface area is 113 Å². The molecule has 100 valence electrons. The SMILES string of the molecule is c1ccc(N2CCCCC2)c(NCc2ccn[nH]2)c1. The van der Waals surface area contributed by atoms with Crippen molar-refractivity contribution in [1.82, 2.24) is 10.2 Å². The average Bonchev–Trinajstić information content (AvgIpc) is 3.00. The molecule has 2 aromatic rings. The van der Waals surface area contributed by atoms with Crippen LogP contribution in [0.15, 0.2) is 36.5 Å². The molecule has 2 heterocycles. The molecule has 4 nitrogen and oxygen atoms in total. The molecule has 1 saturated heterocycles. The number of piperidine rings is 1. The Morgan fingerprint density at radius 2 is 1.95 bits per heavy atom. The molecule has 0 aliphatic carbocycles. The molecular formula is C15H20N4. The first-order valence-corrected chi connectivity index (χ1v) is 6.99. The lowest BCUT2D eigenvalue weighted by molar-refractivity contribution is 0.578. The van der Waals surface area contributed by atoms with Gasteiger partial charge in [0.15, 0.2) is 0 Å². The van der Waals surface area contributed by atoms with Crippen LogP contribution in [0.25, 0.3) is 0 Å². The molecule has 0 radical (unpaired) electrons. The van der Waals surface area contributed by atoms with E-state index >= 15 is 0 Å². The molecule has 1 aliphatic rings. The summed E-state index contributed by atoms with van der Waals surface area (Å²) >= 11 is 0. The first-order chi connectivity index (χ1) is 9.43. The molecule has 19 heavy (non-hydrogen) atoms. The summed E-state index contributed by atoms with van der Waals surface area (Å²) in [7, 11) is 0. The summed E-state index contributed by atoms with van der Waals surface area (Å²) < 4.78 is 0. The number of aromatic nitrogens is 2. The van der Waals surface area contributed by atoms with Gasteiger partial charge in [-0.25, -0.2) is 0 Å². The molecule has 0 atom stereocenters. The Hall–Kier alpha value is -1.97. The van der Waals surface area contributed by atoms with Crippen molar-refractivity contribution in [3.8, 4) is 0 Å². The van der Waals surface area contributed by atoms with Crippen LogP contribution in [-0.4, -0.2) is 23.3 Å². The van der Waals surface area contributed by atoms with Crippen molar-refractivity contribution >= 4 is 11.4 Å². The van der Waals surface area contributed by atoms with Crippen LogP contribution in [0.2, 0.25) is 0 Å². The fourth-order valence-electron chi connectivity index (χ4n) is 2.61. The Morgan fingerprint density at radius 3 is 2.74 bits per heavy atom. The van der Waals surface area contributed by atoms with E-state index < -0.39 is 0 Å². The van der Waals surface area contributed by atoms with E-state index in [1.807, 2.05) is 6.07 Å². The Kier molecular flexibility index (Phi) is 3.68. The third-order valence-corrected chi connectivity index (χ3v) is 3.63. The van der Waals surface area contributed by atoms with Gasteiger partial charge in [-0.3, -0.25) is 5.10 Å². The number of hydrogen-bond acceptors (Lipinski definition) is 3.